The Bertz CT molecular complexity index is 738. The Morgan fingerprint density at radius 2 is 1.83 bits per heavy atom. The maximum Gasteiger partial charge on any atom is 0.191 e. The fraction of sp³-hybridized carbons (Fsp3) is 0.235. The first kappa shape index (κ1) is 18.5. The van der Waals surface area contributed by atoms with Crippen LogP contribution in [0.1, 0.15) is 16.7 Å². The van der Waals surface area contributed by atoms with Crippen LogP contribution in [-0.4, -0.2) is 18.1 Å². The van der Waals surface area contributed by atoms with Gasteiger partial charge in [-0.15, -0.1) is 0 Å². The minimum absolute atomic E-state index is 0.269. The molecule has 2 rings (SSSR count). The molecule has 2 aromatic rings. The van der Waals surface area contributed by atoms with E-state index >= 15 is 0 Å². The van der Waals surface area contributed by atoms with Crippen LogP contribution in [0.3, 0.4) is 0 Å². The van der Waals surface area contributed by atoms with E-state index in [4.69, 9.17) is 28.3 Å². The van der Waals surface area contributed by atoms with Crippen molar-refractivity contribution in [3.05, 3.63) is 69.0 Å². The van der Waals surface area contributed by atoms with Gasteiger partial charge >= 0.3 is 0 Å². The van der Waals surface area contributed by atoms with Crippen molar-refractivity contribution in [3.63, 3.8) is 0 Å². The number of aliphatic imine (C=N–C) groups is 1. The number of hydrogen-bond acceptors (Lipinski definition) is 2. The van der Waals surface area contributed by atoms with Crippen molar-refractivity contribution in [2.45, 2.75) is 19.7 Å². The van der Waals surface area contributed by atoms with Gasteiger partial charge in [-0.2, -0.15) is 0 Å². The van der Waals surface area contributed by atoms with Crippen molar-refractivity contribution in [3.8, 4) is 0 Å². The van der Waals surface area contributed by atoms with E-state index in [1.807, 2.05) is 6.07 Å². The molecule has 24 heavy (non-hydrogen) atoms. The van der Waals surface area contributed by atoms with E-state index in [0.29, 0.717) is 29.1 Å². The Morgan fingerprint density at radius 1 is 1.08 bits per heavy atom. The van der Waals surface area contributed by atoms with Crippen molar-refractivity contribution >= 4 is 29.2 Å². The van der Waals surface area contributed by atoms with Crippen molar-refractivity contribution in [1.82, 2.24) is 10.6 Å². The summed E-state index contributed by atoms with van der Waals surface area (Å²) in [5.74, 6) is 0.164. The van der Waals surface area contributed by atoms with Gasteiger partial charge in [-0.3, -0.25) is 4.99 Å². The summed E-state index contributed by atoms with van der Waals surface area (Å²) in [6, 6.07) is 9.92. The van der Waals surface area contributed by atoms with Crippen molar-refractivity contribution < 1.29 is 9.50 Å². The molecule has 0 aromatic heterocycles. The van der Waals surface area contributed by atoms with Crippen molar-refractivity contribution in [2.24, 2.45) is 4.99 Å². The second-order valence-corrected chi connectivity index (χ2v) is 5.94. The van der Waals surface area contributed by atoms with Crippen LogP contribution in [0.4, 0.5) is 4.39 Å². The van der Waals surface area contributed by atoms with Gasteiger partial charge in [0.15, 0.2) is 5.96 Å². The fourth-order valence-electron chi connectivity index (χ4n) is 2.11. The quantitative estimate of drug-likeness (QED) is 0.558. The molecule has 7 heteroatoms. The van der Waals surface area contributed by atoms with Crippen LogP contribution in [-0.2, 0) is 19.7 Å². The number of nitrogens with zero attached hydrogens (tertiary/aromatic N) is 1. The molecule has 0 atom stereocenters. The van der Waals surface area contributed by atoms with E-state index in [1.165, 1.54) is 6.07 Å². The molecule has 0 heterocycles. The lowest BCUT2D eigenvalue weighted by atomic mass is 10.1. The number of halogens is 3. The summed E-state index contributed by atoms with van der Waals surface area (Å²) in [7, 11) is 1.66. The summed E-state index contributed by atoms with van der Waals surface area (Å²) in [5, 5.41) is 16.5. The normalized spacial score (nSPS) is 11.5. The number of aliphatic hydroxyl groups is 1. The summed E-state index contributed by atoms with van der Waals surface area (Å²) in [5.41, 5.74) is 2.01. The molecule has 128 valence electrons. The third-order valence-electron chi connectivity index (χ3n) is 3.43. The predicted octanol–water partition coefficient (Wildman–Crippen LogP) is 3.49. The smallest absolute Gasteiger partial charge is 0.191 e. The van der Waals surface area contributed by atoms with Crippen molar-refractivity contribution in [2.75, 3.05) is 7.05 Å². The molecule has 0 saturated carbocycles. The van der Waals surface area contributed by atoms with Gasteiger partial charge in [-0.25, -0.2) is 4.39 Å². The van der Waals surface area contributed by atoms with Crippen LogP contribution in [0, 0.1) is 5.82 Å². The highest BCUT2D eigenvalue weighted by Crippen LogP contribution is 2.20. The van der Waals surface area contributed by atoms with E-state index in [1.54, 1.807) is 31.3 Å². The van der Waals surface area contributed by atoms with Gasteiger partial charge < -0.3 is 15.7 Å². The van der Waals surface area contributed by atoms with Crippen LogP contribution in [0.25, 0.3) is 0 Å². The van der Waals surface area contributed by atoms with Gasteiger partial charge in [0.05, 0.1) is 6.61 Å². The molecule has 0 unspecified atom stereocenters. The molecule has 0 bridgehead atoms. The largest absolute Gasteiger partial charge is 0.392 e. The van der Waals surface area contributed by atoms with E-state index < -0.39 is 5.82 Å². The first-order valence-corrected chi connectivity index (χ1v) is 8.05. The number of guanidine groups is 1. The highest BCUT2D eigenvalue weighted by Gasteiger charge is 2.05. The second-order valence-electron chi connectivity index (χ2n) is 5.10. The first-order chi connectivity index (χ1) is 11.5. The third-order valence-corrected chi connectivity index (χ3v) is 4.01. The highest BCUT2D eigenvalue weighted by atomic mass is 35.5. The zero-order chi connectivity index (χ0) is 17.5. The van der Waals surface area contributed by atoms with Crippen LogP contribution in [0.15, 0.2) is 41.4 Å². The van der Waals surface area contributed by atoms with Gasteiger partial charge in [0.25, 0.3) is 0 Å². The lowest BCUT2D eigenvalue weighted by molar-refractivity contribution is 0.275. The maximum absolute atomic E-state index is 13.4. The Balaban J connectivity index is 1.93. The fourth-order valence-corrected chi connectivity index (χ4v) is 2.58. The summed E-state index contributed by atoms with van der Waals surface area (Å²) in [6.07, 6.45) is 0. The zero-order valence-electron chi connectivity index (χ0n) is 13.1. The number of hydrogen-bond donors (Lipinski definition) is 3. The van der Waals surface area contributed by atoms with E-state index in [-0.39, 0.29) is 12.2 Å². The Labute approximate surface area is 150 Å². The molecule has 0 aliphatic heterocycles. The number of rotatable bonds is 5. The SMILES string of the molecule is CN=C(NCc1ccc(F)c(CO)c1)NCc1ccc(Cl)cc1Cl. The molecule has 0 fully saturated rings. The van der Waals surface area contributed by atoms with Gasteiger partial charge in [0, 0.05) is 35.7 Å². The molecule has 0 saturated heterocycles. The van der Waals surface area contributed by atoms with Crippen molar-refractivity contribution in [1.29, 1.82) is 0 Å². The number of benzene rings is 2. The first-order valence-electron chi connectivity index (χ1n) is 7.30. The minimum Gasteiger partial charge on any atom is -0.392 e. The molecule has 0 spiro atoms. The summed E-state index contributed by atoms with van der Waals surface area (Å²) >= 11 is 12.0. The highest BCUT2D eigenvalue weighted by molar-refractivity contribution is 6.35. The van der Waals surface area contributed by atoms with Gasteiger partial charge in [-0.05, 0) is 35.4 Å². The lowest BCUT2D eigenvalue weighted by Crippen LogP contribution is -2.36. The molecule has 2 aromatic carbocycles. The van der Waals surface area contributed by atoms with E-state index in [2.05, 4.69) is 15.6 Å². The lowest BCUT2D eigenvalue weighted by Gasteiger charge is -2.13. The molecule has 0 aliphatic rings. The molecule has 0 amide bonds. The van der Waals surface area contributed by atoms with Gasteiger partial charge in [0.2, 0.25) is 0 Å². The summed E-state index contributed by atoms with van der Waals surface area (Å²) in [6.45, 7) is 0.601. The average molecular weight is 370 g/mol. The van der Waals surface area contributed by atoms with Crippen LogP contribution < -0.4 is 10.6 Å². The Kier molecular flexibility index (Phi) is 6.85. The molecule has 4 nitrogen and oxygen atoms in total. The van der Waals surface area contributed by atoms with Gasteiger partial charge in [0.1, 0.15) is 5.82 Å². The average Bonchev–Trinajstić information content (AvgIpc) is 2.57. The third kappa shape index (κ3) is 5.09. The van der Waals surface area contributed by atoms with Crippen LogP contribution >= 0.6 is 23.2 Å². The topological polar surface area (TPSA) is 56.7 Å². The maximum atomic E-state index is 13.4. The zero-order valence-corrected chi connectivity index (χ0v) is 14.6. The summed E-state index contributed by atoms with van der Waals surface area (Å²) in [4.78, 5) is 4.13. The second kappa shape index (κ2) is 8.87. The standard InChI is InChI=1S/C17H18Cl2FN3O/c1-21-17(23-9-12-3-4-14(18)7-15(12)19)22-8-11-2-5-16(20)13(6-11)10-24/h2-7,24H,8-10H2,1H3,(H2,21,22,23). The molecule has 0 radical (unpaired) electrons. The number of nitrogens with one attached hydrogen (secondary N) is 2. The minimum atomic E-state index is -0.416. The molecular formula is C17H18Cl2FN3O. The Morgan fingerprint density at radius 3 is 2.50 bits per heavy atom. The summed E-state index contributed by atoms with van der Waals surface area (Å²) < 4.78 is 13.4. The Hall–Kier alpha value is -1.82. The molecular weight excluding hydrogens is 352 g/mol. The van der Waals surface area contributed by atoms with Crippen LogP contribution in [0.2, 0.25) is 10.0 Å². The monoisotopic (exact) mass is 369 g/mol. The molecule has 0 aliphatic carbocycles. The number of aliphatic hydroxyl groups excluding tert-OH is 1. The van der Waals surface area contributed by atoms with Crippen LogP contribution in [0.5, 0.6) is 0 Å². The predicted molar refractivity (Wildman–Crippen MR) is 95.8 cm³/mol. The van der Waals surface area contributed by atoms with Gasteiger partial charge in [-0.1, -0.05) is 35.3 Å². The van der Waals surface area contributed by atoms with E-state index in [0.717, 1.165) is 11.1 Å². The molecule has 3 N–H and O–H groups in total. The van der Waals surface area contributed by atoms with E-state index in [9.17, 15) is 4.39 Å².